The van der Waals surface area contributed by atoms with Crippen LogP contribution in [0.5, 0.6) is 0 Å². The van der Waals surface area contributed by atoms with Gasteiger partial charge in [-0.15, -0.1) is 0 Å². The number of aromatic nitrogens is 1. The average molecular weight is 276 g/mol. The third-order valence-corrected chi connectivity index (χ3v) is 4.07. The van der Waals surface area contributed by atoms with Crippen molar-refractivity contribution in [1.82, 2.24) is 4.98 Å². The quantitative estimate of drug-likeness (QED) is 0.824. The summed E-state index contributed by atoms with van der Waals surface area (Å²) in [7, 11) is 0. The highest BCUT2D eigenvalue weighted by molar-refractivity contribution is 7.22. The van der Waals surface area contributed by atoms with Gasteiger partial charge in [0.15, 0.2) is 5.13 Å². The largest absolute Gasteiger partial charge is 0.288 e. The first-order valence-corrected chi connectivity index (χ1v) is 7.62. The van der Waals surface area contributed by atoms with Crippen LogP contribution < -0.4 is 4.90 Å². The van der Waals surface area contributed by atoms with Crippen molar-refractivity contribution < 1.29 is 4.79 Å². The van der Waals surface area contributed by atoms with Gasteiger partial charge in [0.25, 0.3) is 0 Å². The number of unbranched alkanes of at least 4 members (excludes halogenated alkanes) is 1. The lowest BCUT2D eigenvalue weighted by Gasteiger charge is -2.21. The number of benzene rings is 1. The first kappa shape index (κ1) is 14.0. The van der Waals surface area contributed by atoms with E-state index in [0.717, 1.165) is 34.7 Å². The molecule has 0 radical (unpaired) electrons. The van der Waals surface area contributed by atoms with Crippen molar-refractivity contribution in [2.24, 2.45) is 5.92 Å². The summed E-state index contributed by atoms with van der Waals surface area (Å²) in [6, 6.07) is 8.03. The number of para-hydroxylation sites is 1. The van der Waals surface area contributed by atoms with Crippen LogP contribution in [-0.4, -0.2) is 17.4 Å². The van der Waals surface area contributed by atoms with Crippen LogP contribution >= 0.6 is 11.3 Å². The van der Waals surface area contributed by atoms with Gasteiger partial charge in [-0.05, 0) is 18.6 Å². The van der Waals surface area contributed by atoms with Crippen LogP contribution in [0.2, 0.25) is 0 Å². The van der Waals surface area contributed by atoms with Crippen LogP contribution in [0.4, 0.5) is 5.13 Å². The molecule has 0 aliphatic carbocycles. The van der Waals surface area contributed by atoms with E-state index in [4.69, 9.17) is 0 Å². The van der Waals surface area contributed by atoms with Crippen molar-refractivity contribution in [3.05, 3.63) is 24.3 Å². The van der Waals surface area contributed by atoms with Crippen LogP contribution in [0.15, 0.2) is 24.3 Å². The molecule has 1 aromatic heterocycles. The maximum atomic E-state index is 12.3. The molecule has 1 aromatic carbocycles. The minimum Gasteiger partial charge on any atom is -0.288 e. The number of rotatable bonds is 5. The first-order chi connectivity index (χ1) is 9.13. The van der Waals surface area contributed by atoms with Gasteiger partial charge in [-0.25, -0.2) is 4.98 Å². The van der Waals surface area contributed by atoms with Crippen LogP contribution in [-0.2, 0) is 4.79 Å². The second-order valence-electron chi connectivity index (χ2n) is 4.96. The maximum absolute atomic E-state index is 12.3. The average Bonchev–Trinajstić information content (AvgIpc) is 2.82. The lowest BCUT2D eigenvalue weighted by Crippen LogP contribution is -2.35. The number of thiazole rings is 1. The Bertz CT molecular complexity index is 529. The third-order valence-electron chi connectivity index (χ3n) is 3.01. The van der Waals surface area contributed by atoms with Crippen LogP contribution in [0.3, 0.4) is 0 Å². The van der Waals surface area contributed by atoms with Gasteiger partial charge in [0.2, 0.25) is 5.91 Å². The minimum absolute atomic E-state index is 0.00358. The molecule has 0 unspecified atom stereocenters. The molecule has 0 aliphatic rings. The van der Waals surface area contributed by atoms with Gasteiger partial charge in [0.05, 0.1) is 10.2 Å². The number of hydrogen-bond acceptors (Lipinski definition) is 3. The predicted molar refractivity (Wildman–Crippen MR) is 81.7 cm³/mol. The topological polar surface area (TPSA) is 33.2 Å². The van der Waals surface area contributed by atoms with Gasteiger partial charge in [0.1, 0.15) is 0 Å². The van der Waals surface area contributed by atoms with Crippen molar-refractivity contribution in [2.75, 3.05) is 11.4 Å². The lowest BCUT2D eigenvalue weighted by molar-refractivity contribution is -0.121. The van der Waals surface area contributed by atoms with Crippen LogP contribution in [0.25, 0.3) is 10.2 Å². The van der Waals surface area contributed by atoms with Crippen molar-refractivity contribution >= 4 is 32.6 Å². The molecule has 3 nitrogen and oxygen atoms in total. The minimum atomic E-state index is 0.00358. The Balaban J connectivity index is 2.33. The summed E-state index contributed by atoms with van der Waals surface area (Å²) < 4.78 is 1.13. The molecule has 2 aromatic rings. The Morgan fingerprint density at radius 1 is 1.37 bits per heavy atom. The Kier molecular flexibility index (Phi) is 4.53. The summed E-state index contributed by atoms with van der Waals surface area (Å²) in [5.74, 6) is 0.163. The second-order valence-corrected chi connectivity index (χ2v) is 5.97. The summed E-state index contributed by atoms with van der Waals surface area (Å²) in [4.78, 5) is 18.8. The summed E-state index contributed by atoms with van der Waals surface area (Å²) >= 11 is 1.60. The summed E-state index contributed by atoms with van der Waals surface area (Å²) in [6.45, 7) is 6.77. The highest BCUT2D eigenvalue weighted by Gasteiger charge is 2.21. The highest BCUT2D eigenvalue weighted by atomic mass is 32.1. The Morgan fingerprint density at radius 2 is 2.11 bits per heavy atom. The number of amides is 1. The standard InChI is InChI=1S/C15H20N2OS/c1-4-5-10-17(14(18)11(2)3)15-16-12-8-6-7-9-13(12)19-15/h6-9,11H,4-5,10H2,1-3H3. The second kappa shape index (κ2) is 6.15. The molecule has 1 amide bonds. The molecule has 0 saturated heterocycles. The molecule has 0 atom stereocenters. The number of anilines is 1. The molecular formula is C15H20N2OS. The molecule has 19 heavy (non-hydrogen) atoms. The van der Waals surface area contributed by atoms with Crippen LogP contribution in [0.1, 0.15) is 33.6 Å². The molecular weight excluding hydrogens is 256 g/mol. The number of fused-ring (bicyclic) bond motifs is 1. The van der Waals surface area contributed by atoms with Gasteiger partial charge in [-0.1, -0.05) is 50.7 Å². The molecule has 0 N–H and O–H groups in total. The fourth-order valence-electron chi connectivity index (χ4n) is 1.90. The van der Waals surface area contributed by atoms with E-state index in [0.29, 0.717) is 0 Å². The normalized spacial score (nSPS) is 11.2. The Labute approximate surface area is 118 Å². The van der Waals surface area contributed by atoms with Crippen molar-refractivity contribution in [1.29, 1.82) is 0 Å². The van der Waals surface area contributed by atoms with E-state index >= 15 is 0 Å². The van der Waals surface area contributed by atoms with Crippen LogP contribution in [0, 0.1) is 5.92 Å². The number of hydrogen-bond donors (Lipinski definition) is 0. The molecule has 2 rings (SSSR count). The SMILES string of the molecule is CCCCN(C(=O)C(C)C)c1nc2ccccc2s1. The van der Waals surface area contributed by atoms with Crippen molar-refractivity contribution in [3.8, 4) is 0 Å². The summed E-state index contributed by atoms with van der Waals surface area (Å²) in [5.41, 5.74) is 0.973. The van der Waals surface area contributed by atoms with E-state index in [2.05, 4.69) is 11.9 Å². The summed E-state index contributed by atoms with van der Waals surface area (Å²) in [5, 5.41) is 0.827. The molecule has 0 fully saturated rings. The fourth-order valence-corrected chi connectivity index (χ4v) is 2.90. The zero-order chi connectivity index (χ0) is 13.8. The molecule has 0 bridgehead atoms. The van der Waals surface area contributed by atoms with E-state index in [1.165, 1.54) is 0 Å². The van der Waals surface area contributed by atoms with E-state index in [9.17, 15) is 4.79 Å². The smallest absolute Gasteiger partial charge is 0.231 e. The monoisotopic (exact) mass is 276 g/mol. The number of carbonyl (C=O) groups is 1. The number of carbonyl (C=O) groups excluding carboxylic acids is 1. The number of nitrogens with zero attached hydrogens (tertiary/aromatic N) is 2. The molecule has 1 heterocycles. The third kappa shape index (κ3) is 3.13. The van der Waals surface area contributed by atoms with Gasteiger partial charge in [0, 0.05) is 12.5 Å². The molecule has 0 aliphatic heterocycles. The molecule has 0 spiro atoms. The van der Waals surface area contributed by atoms with E-state index in [-0.39, 0.29) is 11.8 Å². The van der Waals surface area contributed by atoms with Gasteiger partial charge in [-0.2, -0.15) is 0 Å². The zero-order valence-electron chi connectivity index (χ0n) is 11.7. The van der Waals surface area contributed by atoms with E-state index < -0.39 is 0 Å². The molecule has 4 heteroatoms. The van der Waals surface area contributed by atoms with Crippen molar-refractivity contribution in [3.63, 3.8) is 0 Å². The van der Waals surface area contributed by atoms with E-state index in [1.807, 2.05) is 43.0 Å². The fraction of sp³-hybridized carbons (Fsp3) is 0.467. The maximum Gasteiger partial charge on any atom is 0.231 e. The van der Waals surface area contributed by atoms with Gasteiger partial charge in [-0.3, -0.25) is 9.69 Å². The first-order valence-electron chi connectivity index (χ1n) is 6.80. The Morgan fingerprint density at radius 3 is 2.74 bits per heavy atom. The lowest BCUT2D eigenvalue weighted by atomic mass is 10.2. The Hall–Kier alpha value is -1.42. The van der Waals surface area contributed by atoms with Crippen molar-refractivity contribution in [2.45, 2.75) is 33.6 Å². The predicted octanol–water partition coefficient (Wildman–Crippen LogP) is 4.09. The molecule has 102 valence electrons. The van der Waals surface area contributed by atoms with Gasteiger partial charge >= 0.3 is 0 Å². The van der Waals surface area contributed by atoms with Gasteiger partial charge < -0.3 is 0 Å². The zero-order valence-corrected chi connectivity index (χ0v) is 12.5. The highest BCUT2D eigenvalue weighted by Crippen LogP contribution is 2.29. The summed E-state index contributed by atoms with van der Waals surface area (Å²) in [6.07, 6.45) is 2.08. The van der Waals surface area contributed by atoms with E-state index in [1.54, 1.807) is 11.3 Å². The molecule has 0 saturated carbocycles.